The number of benzene rings is 1. The van der Waals surface area contributed by atoms with Crippen LogP contribution in [0.15, 0.2) is 22.7 Å². The fourth-order valence-electron chi connectivity index (χ4n) is 2.44. The van der Waals surface area contributed by atoms with Gasteiger partial charge in [-0.25, -0.2) is 4.39 Å². The molecule has 0 bridgehead atoms. The Morgan fingerprint density at radius 1 is 1.44 bits per heavy atom. The van der Waals surface area contributed by atoms with Gasteiger partial charge in [0.25, 0.3) is 0 Å². The highest BCUT2D eigenvalue weighted by atomic mass is 79.9. The number of carbonyl (C=O) groups excluding carboxylic acids is 1. The molecule has 0 heterocycles. The summed E-state index contributed by atoms with van der Waals surface area (Å²) in [5.41, 5.74) is -0.596. The van der Waals surface area contributed by atoms with Gasteiger partial charge in [0.1, 0.15) is 11.2 Å². The monoisotopic (exact) mass is 309 g/mol. The van der Waals surface area contributed by atoms with Gasteiger partial charge in [-0.15, -0.1) is 0 Å². The summed E-state index contributed by atoms with van der Waals surface area (Å²) in [6.45, 7) is 0. The third-order valence-corrected chi connectivity index (χ3v) is 4.00. The van der Waals surface area contributed by atoms with Gasteiger partial charge < -0.3 is 0 Å². The van der Waals surface area contributed by atoms with E-state index in [9.17, 15) is 14.4 Å². The Hall–Kier alpha value is -1.21. The van der Waals surface area contributed by atoms with Crippen molar-refractivity contribution in [3.05, 3.63) is 34.1 Å². The highest BCUT2D eigenvalue weighted by molar-refractivity contribution is 9.10. The van der Waals surface area contributed by atoms with Crippen LogP contribution in [0.1, 0.15) is 31.2 Å². The molecule has 1 aliphatic carbocycles. The second-order valence-electron chi connectivity index (χ2n) is 4.74. The Balaban J connectivity index is 2.33. The Morgan fingerprint density at radius 3 is 2.89 bits per heavy atom. The van der Waals surface area contributed by atoms with Crippen molar-refractivity contribution in [2.24, 2.45) is 5.41 Å². The van der Waals surface area contributed by atoms with Crippen LogP contribution in [0.4, 0.5) is 4.39 Å². The molecule has 1 aliphatic rings. The van der Waals surface area contributed by atoms with Gasteiger partial charge in [-0.2, -0.15) is 5.26 Å². The van der Waals surface area contributed by atoms with Crippen LogP contribution in [0.3, 0.4) is 0 Å². The summed E-state index contributed by atoms with van der Waals surface area (Å²) in [6, 6.07) is 6.75. The molecule has 4 heteroatoms. The molecule has 1 fully saturated rings. The second-order valence-corrected chi connectivity index (χ2v) is 5.65. The average Bonchev–Trinajstić information content (AvgIpc) is 2.37. The second kappa shape index (κ2) is 5.19. The first-order valence-electron chi connectivity index (χ1n) is 5.96. The molecule has 1 unspecified atom stereocenters. The fourth-order valence-corrected chi connectivity index (χ4v) is 2.85. The van der Waals surface area contributed by atoms with Crippen molar-refractivity contribution in [2.75, 3.05) is 0 Å². The molecule has 1 aromatic rings. The van der Waals surface area contributed by atoms with Gasteiger partial charge in [-0.3, -0.25) is 4.79 Å². The molecule has 94 valence electrons. The summed E-state index contributed by atoms with van der Waals surface area (Å²) < 4.78 is 14.5. The van der Waals surface area contributed by atoms with Crippen LogP contribution in [0.2, 0.25) is 0 Å². The molecule has 1 atom stereocenters. The minimum atomic E-state index is -1.03. The van der Waals surface area contributed by atoms with E-state index in [1.54, 1.807) is 12.1 Å². The van der Waals surface area contributed by atoms with Crippen molar-refractivity contribution in [1.82, 2.24) is 0 Å². The summed E-state index contributed by atoms with van der Waals surface area (Å²) in [5, 5.41) is 9.33. The number of ketones is 1. The maximum atomic E-state index is 13.7. The molecule has 2 nitrogen and oxygen atoms in total. The number of nitrogens with zero attached hydrogens (tertiary/aromatic N) is 1. The average molecular weight is 310 g/mol. The molecule has 18 heavy (non-hydrogen) atoms. The first-order chi connectivity index (χ1) is 8.57. The summed E-state index contributed by atoms with van der Waals surface area (Å²) >= 11 is 3.28. The topological polar surface area (TPSA) is 40.9 Å². The third-order valence-electron chi connectivity index (χ3n) is 3.51. The Kier molecular flexibility index (Phi) is 3.82. The van der Waals surface area contributed by atoms with Crippen LogP contribution in [0.5, 0.6) is 0 Å². The molecule has 0 aromatic heterocycles. The van der Waals surface area contributed by atoms with Crippen LogP contribution in [-0.4, -0.2) is 5.78 Å². The van der Waals surface area contributed by atoms with Gasteiger partial charge in [0.15, 0.2) is 5.78 Å². The number of carbonyl (C=O) groups is 1. The molecule has 0 saturated heterocycles. The van der Waals surface area contributed by atoms with Gasteiger partial charge in [0, 0.05) is 17.3 Å². The molecule has 1 aromatic carbocycles. The zero-order valence-corrected chi connectivity index (χ0v) is 11.5. The summed E-state index contributed by atoms with van der Waals surface area (Å²) in [6.07, 6.45) is 2.84. The van der Waals surface area contributed by atoms with Gasteiger partial charge in [-0.05, 0) is 36.6 Å². The minimum Gasteiger partial charge on any atom is -0.298 e. The number of hydrogen-bond donors (Lipinski definition) is 0. The van der Waals surface area contributed by atoms with E-state index in [0.717, 1.165) is 17.3 Å². The van der Waals surface area contributed by atoms with E-state index in [1.807, 2.05) is 0 Å². The lowest BCUT2D eigenvalue weighted by Crippen LogP contribution is -2.35. The van der Waals surface area contributed by atoms with Crippen molar-refractivity contribution in [3.63, 3.8) is 0 Å². The molecular formula is C14H13BrFNO. The van der Waals surface area contributed by atoms with Gasteiger partial charge >= 0.3 is 0 Å². The zero-order valence-electron chi connectivity index (χ0n) is 9.88. The van der Waals surface area contributed by atoms with E-state index >= 15 is 0 Å². The Labute approximate surface area is 114 Å². The molecule has 0 spiro atoms. The smallest absolute Gasteiger partial charge is 0.153 e. The molecule has 0 N–H and O–H groups in total. The van der Waals surface area contributed by atoms with E-state index in [0.29, 0.717) is 18.4 Å². The number of nitriles is 1. The van der Waals surface area contributed by atoms with Crippen molar-refractivity contribution < 1.29 is 9.18 Å². The highest BCUT2D eigenvalue weighted by Gasteiger charge is 2.40. The molecule has 0 aliphatic heterocycles. The van der Waals surface area contributed by atoms with Crippen LogP contribution in [0.25, 0.3) is 0 Å². The van der Waals surface area contributed by atoms with Gasteiger partial charge in [0.2, 0.25) is 0 Å². The maximum Gasteiger partial charge on any atom is 0.153 e. The summed E-state index contributed by atoms with van der Waals surface area (Å²) in [7, 11) is 0. The largest absolute Gasteiger partial charge is 0.298 e. The van der Waals surface area contributed by atoms with Crippen LogP contribution in [0, 0.1) is 22.6 Å². The van der Waals surface area contributed by atoms with E-state index < -0.39 is 5.41 Å². The first kappa shape index (κ1) is 13.2. The molecule has 0 radical (unpaired) electrons. The lowest BCUT2D eigenvalue weighted by Gasteiger charge is -2.29. The maximum absolute atomic E-state index is 13.7. The van der Waals surface area contributed by atoms with Crippen molar-refractivity contribution in [3.8, 4) is 6.07 Å². The fraction of sp³-hybridized carbons (Fsp3) is 0.429. The Bertz CT molecular complexity index is 523. The highest BCUT2D eigenvalue weighted by Crippen LogP contribution is 2.36. The molecule has 1 saturated carbocycles. The predicted octanol–water partition coefficient (Wildman–Crippen LogP) is 3.78. The number of Topliss-reactive ketones (excluding diaryl/α,β-unsaturated/α-hetero) is 1. The minimum absolute atomic E-state index is 0.0457. The van der Waals surface area contributed by atoms with Gasteiger partial charge in [-0.1, -0.05) is 22.4 Å². The molecule has 0 amide bonds. The van der Waals surface area contributed by atoms with Crippen molar-refractivity contribution in [1.29, 1.82) is 5.26 Å². The lowest BCUT2D eigenvalue weighted by molar-refractivity contribution is -0.128. The summed E-state index contributed by atoms with van der Waals surface area (Å²) in [4.78, 5) is 12.0. The van der Waals surface area contributed by atoms with Gasteiger partial charge in [0.05, 0.1) is 6.07 Å². The SMILES string of the molecule is N#CC1(Cc2cc(Br)ccc2F)CCCCC1=O. The van der Waals surface area contributed by atoms with E-state index in [2.05, 4.69) is 22.0 Å². The first-order valence-corrected chi connectivity index (χ1v) is 6.75. The number of halogens is 2. The molecule has 2 rings (SSSR count). The van der Waals surface area contributed by atoms with Crippen LogP contribution in [-0.2, 0) is 11.2 Å². The quantitative estimate of drug-likeness (QED) is 0.834. The van der Waals surface area contributed by atoms with Crippen molar-refractivity contribution >= 4 is 21.7 Å². The van der Waals surface area contributed by atoms with E-state index in [-0.39, 0.29) is 18.0 Å². The zero-order chi connectivity index (χ0) is 13.2. The third kappa shape index (κ3) is 2.46. The Morgan fingerprint density at radius 2 is 2.22 bits per heavy atom. The number of rotatable bonds is 2. The van der Waals surface area contributed by atoms with Crippen molar-refractivity contribution in [2.45, 2.75) is 32.1 Å². The van der Waals surface area contributed by atoms with E-state index in [4.69, 9.17) is 0 Å². The predicted molar refractivity (Wildman–Crippen MR) is 69.3 cm³/mol. The normalized spacial score (nSPS) is 23.7. The molecular weight excluding hydrogens is 297 g/mol. The standard InChI is InChI=1S/C14H13BrFNO/c15-11-4-5-12(16)10(7-11)8-14(9-17)6-2-1-3-13(14)18/h4-5,7H,1-3,6,8H2. The lowest BCUT2D eigenvalue weighted by atomic mass is 9.70. The van der Waals surface area contributed by atoms with E-state index in [1.165, 1.54) is 6.07 Å². The van der Waals surface area contributed by atoms with Crippen LogP contribution >= 0.6 is 15.9 Å². The number of hydrogen-bond acceptors (Lipinski definition) is 2. The summed E-state index contributed by atoms with van der Waals surface area (Å²) in [5.74, 6) is -0.401. The van der Waals surface area contributed by atoms with Crippen LogP contribution < -0.4 is 0 Å².